The molecule has 126 valence electrons. The third-order valence-electron chi connectivity index (χ3n) is 3.07. The molecule has 0 spiro atoms. The lowest BCUT2D eigenvalue weighted by atomic mass is 10.2. The summed E-state index contributed by atoms with van der Waals surface area (Å²) in [5.41, 5.74) is -0.516. The number of nitrogens with one attached hydrogen (secondary N) is 2. The highest BCUT2D eigenvalue weighted by Crippen LogP contribution is 2.27. The van der Waals surface area contributed by atoms with E-state index in [9.17, 15) is 23.7 Å². The molecule has 0 unspecified atom stereocenters. The summed E-state index contributed by atoms with van der Waals surface area (Å²) in [5, 5.41) is 16.1. The average molecular weight is 400 g/mol. The first kappa shape index (κ1) is 17.8. The molecule has 0 saturated carbocycles. The van der Waals surface area contributed by atoms with E-state index in [1.165, 1.54) is 12.1 Å². The Morgan fingerprint density at radius 2 is 1.83 bits per heavy atom. The number of hydrogen-bond acceptors (Lipinski definition) is 4. The predicted molar refractivity (Wildman–Crippen MR) is 88.0 cm³/mol. The van der Waals surface area contributed by atoms with Gasteiger partial charge < -0.3 is 10.6 Å². The van der Waals surface area contributed by atoms with Gasteiger partial charge in [0.2, 0.25) is 0 Å². The van der Waals surface area contributed by atoms with Crippen molar-refractivity contribution in [3.63, 3.8) is 0 Å². The minimum absolute atomic E-state index is 0.0276. The number of nitro groups is 1. The van der Waals surface area contributed by atoms with Crippen molar-refractivity contribution in [3.8, 4) is 0 Å². The van der Waals surface area contributed by atoms with Gasteiger partial charge in [-0.3, -0.25) is 14.9 Å². The van der Waals surface area contributed by atoms with Crippen molar-refractivity contribution in [2.45, 2.75) is 0 Å². The number of nitrogens with zero attached hydrogens (tertiary/aromatic N) is 1. The van der Waals surface area contributed by atoms with Gasteiger partial charge in [0.05, 0.1) is 4.92 Å². The maximum atomic E-state index is 13.5. The van der Waals surface area contributed by atoms with Gasteiger partial charge in [0.1, 0.15) is 22.9 Å². The van der Waals surface area contributed by atoms with Crippen molar-refractivity contribution in [2.75, 3.05) is 18.4 Å². The fourth-order valence-corrected chi connectivity index (χ4v) is 2.33. The zero-order valence-electron chi connectivity index (χ0n) is 12.2. The quantitative estimate of drug-likeness (QED) is 0.442. The van der Waals surface area contributed by atoms with Gasteiger partial charge in [-0.1, -0.05) is 22.0 Å². The highest BCUT2D eigenvalue weighted by molar-refractivity contribution is 9.10. The molecule has 0 atom stereocenters. The monoisotopic (exact) mass is 399 g/mol. The fourth-order valence-electron chi connectivity index (χ4n) is 1.98. The molecule has 0 aliphatic rings. The van der Waals surface area contributed by atoms with Crippen LogP contribution in [0.4, 0.5) is 20.2 Å². The highest BCUT2D eigenvalue weighted by Gasteiger charge is 2.17. The molecule has 0 radical (unpaired) electrons. The number of carbonyl (C=O) groups excluding carboxylic acids is 1. The highest BCUT2D eigenvalue weighted by atomic mass is 79.9. The summed E-state index contributed by atoms with van der Waals surface area (Å²) in [6.45, 7) is 0.171. The van der Waals surface area contributed by atoms with Crippen molar-refractivity contribution >= 4 is 33.2 Å². The van der Waals surface area contributed by atoms with E-state index in [2.05, 4.69) is 26.6 Å². The lowest BCUT2D eigenvalue weighted by molar-refractivity contribution is -0.384. The van der Waals surface area contributed by atoms with Gasteiger partial charge in [0, 0.05) is 23.6 Å². The smallest absolute Gasteiger partial charge is 0.293 e. The summed E-state index contributed by atoms with van der Waals surface area (Å²) in [4.78, 5) is 22.2. The Kier molecular flexibility index (Phi) is 5.80. The molecule has 0 aliphatic heterocycles. The van der Waals surface area contributed by atoms with E-state index in [0.29, 0.717) is 4.47 Å². The summed E-state index contributed by atoms with van der Waals surface area (Å²) in [7, 11) is 0. The molecule has 1 amide bonds. The van der Waals surface area contributed by atoms with Crippen molar-refractivity contribution in [2.24, 2.45) is 0 Å². The second kappa shape index (κ2) is 7.82. The Bertz CT molecular complexity index is 766. The SMILES string of the molecule is O=C(NCCNc1ccc(Br)cc1[N+](=O)[O-])c1c(F)cccc1F. The van der Waals surface area contributed by atoms with Crippen LogP contribution >= 0.6 is 15.9 Å². The van der Waals surface area contributed by atoms with Crippen LogP contribution in [0.25, 0.3) is 0 Å². The normalized spacial score (nSPS) is 10.3. The van der Waals surface area contributed by atoms with Crippen molar-refractivity contribution in [1.29, 1.82) is 0 Å². The van der Waals surface area contributed by atoms with Gasteiger partial charge in [-0.05, 0) is 24.3 Å². The van der Waals surface area contributed by atoms with E-state index >= 15 is 0 Å². The molecule has 2 aromatic rings. The Hall–Kier alpha value is -2.55. The molecule has 6 nitrogen and oxygen atoms in total. The lowest BCUT2D eigenvalue weighted by Crippen LogP contribution is -2.30. The zero-order valence-corrected chi connectivity index (χ0v) is 13.8. The number of anilines is 1. The van der Waals surface area contributed by atoms with Gasteiger partial charge in [-0.15, -0.1) is 0 Å². The molecule has 2 rings (SSSR count). The minimum Gasteiger partial charge on any atom is -0.378 e. The van der Waals surface area contributed by atoms with E-state index < -0.39 is 28.0 Å². The first-order valence-corrected chi connectivity index (χ1v) is 7.59. The van der Waals surface area contributed by atoms with E-state index in [1.54, 1.807) is 6.07 Å². The first-order valence-electron chi connectivity index (χ1n) is 6.80. The molecular weight excluding hydrogens is 388 g/mol. The molecule has 0 aromatic heterocycles. The number of carbonyl (C=O) groups is 1. The average Bonchev–Trinajstić information content (AvgIpc) is 2.52. The van der Waals surface area contributed by atoms with E-state index in [0.717, 1.165) is 18.2 Å². The Labute approximate surface area is 144 Å². The lowest BCUT2D eigenvalue weighted by Gasteiger charge is -2.09. The maximum Gasteiger partial charge on any atom is 0.293 e. The van der Waals surface area contributed by atoms with Crippen molar-refractivity contribution < 1.29 is 18.5 Å². The van der Waals surface area contributed by atoms with Crippen LogP contribution in [0.5, 0.6) is 0 Å². The minimum atomic E-state index is -0.955. The zero-order chi connectivity index (χ0) is 17.7. The molecule has 0 saturated heterocycles. The van der Waals surface area contributed by atoms with E-state index in [4.69, 9.17) is 0 Å². The third kappa shape index (κ3) is 4.25. The van der Waals surface area contributed by atoms with Gasteiger partial charge >= 0.3 is 0 Å². The van der Waals surface area contributed by atoms with E-state index in [1.807, 2.05) is 0 Å². The summed E-state index contributed by atoms with van der Waals surface area (Å²) >= 11 is 3.14. The van der Waals surface area contributed by atoms with Gasteiger partial charge in [0.15, 0.2) is 0 Å². The number of hydrogen-bond donors (Lipinski definition) is 2. The number of rotatable bonds is 6. The van der Waals surface area contributed by atoms with Crippen LogP contribution in [0, 0.1) is 21.7 Å². The summed E-state index contributed by atoms with van der Waals surface area (Å²) in [6, 6.07) is 7.62. The third-order valence-corrected chi connectivity index (χ3v) is 3.57. The predicted octanol–water partition coefficient (Wildman–Crippen LogP) is 3.48. The molecule has 0 heterocycles. The van der Waals surface area contributed by atoms with Crippen LogP contribution in [-0.2, 0) is 0 Å². The van der Waals surface area contributed by atoms with Gasteiger partial charge in [-0.2, -0.15) is 0 Å². The van der Waals surface area contributed by atoms with Crippen LogP contribution in [0.3, 0.4) is 0 Å². The van der Waals surface area contributed by atoms with Crippen molar-refractivity contribution in [1.82, 2.24) is 5.32 Å². The number of nitro benzene ring substituents is 1. The molecule has 9 heteroatoms. The molecule has 0 bridgehead atoms. The first-order chi connectivity index (χ1) is 11.4. The van der Waals surface area contributed by atoms with Crippen LogP contribution in [0.2, 0.25) is 0 Å². The summed E-state index contributed by atoms with van der Waals surface area (Å²) in [6.07, 6.45) is 0. The van der Waals surface area contributed by atoms with Gasteiger partial charge in [0.25, 0.3) is 11.6 Å². The number of halogens is 3. The molecule has 24 heavy (non-hydrogen) atoms. The Balaban J connectivity index is 1.94. The van der Waals surface area contributed by atoms with Crippen molar-refractivity contribution in [3.05, 3.63) is 68.2 Å². The molecule has 2 N–H and O–H groups in total. The summed E-state index contributed by atoms with van der Waals surface area (Å²) < 4.78 is 27.5. The topological polar surface area (TPSA) is 84.3 Å². The largest absolute Gasteiger partial charge is 0.378 e. The Morgan fingerprint density at radius 1 is 1.17 bits per heavy atom. The molecule has 0 aliphatic carbocycles. The fraction of sp³-hybridized carbons (Fsp3) is 0.133. The standard InChI is InChI=1S/C15H12BrF2N3O3/c16-9-4-5-12(13(8-9)21(23)24)19-6-7-20-15(22)14-10(17)2-1-3-11(14)18/h1-5,8,19H,6-7H2,(H,20,22). The van der Waals surface area contributed by atoms with E-state index in [-0.39, 0.29) is 24.5 Å². The van der Waals surface area contributed by atoms with Gasteiger partial charge in [-0.25, -0.2) is 8.78 Å². The Morgan fingerprint density at radius 3 is 2.46 bits per heavy atom. The van der Waals surface area contributed by atoms with Crippen LogP contribution in [0.1, 0.15) is 10.4 Å². The summed E-state index contributed by atoms with van der Waals surface area (Å²) in [5.74, 6) is -2.80. The maximum absolute atomic E-state index is 13.5. The van der Waals surface area contributed by atoms with Crippen LogP contribution < -0.4 is 10.6 Å². The molecular formula is C15H12BrF2N3O3. The van der Waals surface area contributed by atoms with Crippen LogP contribution in [0.15, 0.2) is 40.9 Å². The molecule has 0 fully saturated rings. The second-order valence-electron chi connectivity index (χ2n) is 4.70. The van der Waals surface area contributed by atoms with Crippen LogP contribution in [-0.4, -0.2) is 23.9 Å². The number of benzene rings is 2. The second-order valence-corrected chi connectivity index (χ2v) is 5.61. The molecule has 2 aromatic carbocycles. The number of amides is 1.